The summed E-state index contributed by atoms with van der Waals surface area (Å²) in [7, 11) is 3.26. The van der Waals surface area contributed by atoms with E-state index in [1.54, 1.807) is 0 Å². The molecule has 2 aromatic rings. The van der Waals surface area contributed by atoms with Gasteiger partial charge in [0.05, 0.1) is 14.2 Å². The number of ether oxygens (including phenoxy) is 1. The molecule has 1 amide bonds. The standard InChI is InChI=1S/C16H21N3O3/c1-11(2)15(16(21)22-4)17-14(20)9-19-10-18(3)12-7-5-6-8-13(12)19/h5-8,10-11,15H,9H2,1-4H3/p+1. The van der Waals surface area contributed by atoms with Crippen molar-refractivity contribution in [3.8, 4) is 0 Å². The quantitative estimate of drug-likeness (QED) is 0.656. The number of rotatable bonds is 5. The molecule has 1 aromatic carbocycles. The van der Waals surface area contributed by atoms with Gasteiger partial charge in [-0.25, -0.2) is 13.9 Å². The van der Waals surface area contributed by atoms with E-state index in [0.29, 0.717) is 0 Å². The van der Waals surface area contributed by atoms with Crippen molar-refractivity contribution in [2.75, 3.05) is 7.11 Å². The number of hydrogen-bond donors (Lipinski definition) is 1. The molecule has 118 valence electrons. The highest BCUT2D eigenvalue weighted by Gasteiger charge is 2.26. The smallest absolute Gasteiger partial charge is 0.328 e. The highest BCUT2D eigenvalue weighted by atomic mass is 16.5. The van der Waals surface area contributed by atoms with E-state index in [0.717, 1.165) is 11.0 Å². The number of methoxy groups -OCH3 is 1. The van der Waals surface area contributed by atoms with Crippen molar-refractivity contribution >= 4 is 22.9 Å². The van der Waals surface area contributed by atoms with Gasteiger partial charge in [0.15, 0.2) is 17.6 Å². The van der Waals surface area contributed by atoms with Gasteiger partial charge in [-0.2, -0.15) is 0 Å². The SMILES string of the molecule is COC(=O)C(NC(=O)Cn1c[n+](C)c2ccccc21)C(C)C. The zero-order valence-corrected chi connectivity index (χ0v) is 13.4. The van der Waals surface area contributed by atoms with Crippen molar-refractivity contribution < 1.29 is 18.9 Å². The molecule has 1 unspecified atom stereocenters. The molecule has 0 aliphatic carbocycles. The van der Waals surface area contributed by atoms with Crippen LogP contribution < -0.4 is 9.88 Å². The number of aromatic nitrogens is 2. The summed E-state index contributed by atoms with van der Waals surface area (Å²) in [5, 5.41) is 2.75. The fraction of sp³-hybridized carbons (Fsp3) is 0.438. The molecule has 1 aromatic heterocycles. The minimum Gasteiger partial charge on any atom is -0.467 e. The van der Waals surface area contributed by atoms with Gasteiger partial charge in [-0.3, -0.25) is 4.79 Å². The summed E-state index contributed by atoms with van der Waals surface area (Å²) >= 11 is 0. The van der Waals surface area contributed by atoms with Crippen LogP contribution in [0.2, 0.25) is 0 Å². The van der Waals surface area contributed by atoms with Crippen LogP contribution in [0, 0.1) is 5.92 Å². The Kier molecular flexibility index (Phi) is 4.80. The summed E-state index contributed by atoms with van der Waals surface area (Å²) in [5.41, 5.74) is 2.02. The second-order valence-corrected chi connectivity index (χ2v) is 5.66. The molecule has 22 heavy (non-hydrogen) atoms. The highest BCUT2D eigenvalue weighted by Crippen LogP contribution is 2.10. The maximum atomic E-state index is 12.3. The Morgan fingerprint density at radius 2 is 2.00 bits per heavy atom. The molecule has 0 aliphatic rings. The van der Waals surface area contributed by atoms with E-state index in [-0.39, 0.29) is 18.4 Å². The molecule has 6 nitrogen and oxygen atoms in total. The number of benzene rings is 1. The zero-order valence-electron chi connectivity index (χ0n) is 13.4. The van der Waals surface area contributed by atoms with Crippen LogP contribution in [0.4, 0.5) is 0 Å². The summed E-state index contributed by atoms with van der Waals surface area (Å²) in [6, 6.07) is 7.21. The number of para-hydroxylation sites is 2. The van der Waals surface area contributed by atoms with Crippen molar-refractivity contribution in [1.82, 2.24) is 9.88 Å². The fourth-order valence-electron chi connectivity index (χ4n) is 2.46. The monoisotopic (exact) mass is 304 g/mol. The lowest BCUT2D eigenvalue weighted by atomic mass is 10.0. The molecule has 0 saturated heterocycles. The number of aryl methyl sites for hydroxylation is 1. The van der Waals surface area contributed by atoms with Gasteiger partial charge in [-0.05, 0) is 18.1 Å². The number of nitrogens with zero attached hydrogens (tertiary/aromatic N) is 2. The zero-order chi connectivity index (χ0) is 16.3. The predicted molar refractivity (Wildman–Crippen MR) is 81.9 cm³/mol. The van der Waals surface area contributed by atoms with E-state index in [2.05, 4.69) is 5.32 Å². The molecule has 1 heterocycles. The average molecular weight is 304 g/mol. The summed E-state index contributed by atoms with van der Waals surface area (Å²) < 4.78 is 8.56. The number of esters is 1. The molecule has 1 atom stereocenters. The van der Waals surface area contributed by atoms with Crippen molar-refractivity contribution in [3.05, 3.63) is 30.6 Å². The Bertz CT molecular complexity index is 691. The van der Waals surface area contributed by atoms with Gasteiger partial charge in [0, 0.05) is 0 Å². The van der Waals surface area contributed by atoms with Crippen molar-refractivity contribution in [2.24, 2.45) is 13.0 Å². The van der Waals surface area contributed by atoms with Gasteiger partial charge in [-0.1, -0.05) is 26.0 Å². The first-order valence-corrected chi connectivity index (χ1v) is 7.24. The third kappa shape index (κ3) is 3.27. The second kappa shape index (κ2) is 6.60. The average Bonchev–Trinajstić information content (AvgIpc) is 2.80. The number of carbonyl (C=O) groups is 2. The molecule has 6 heteroatoms. The van der Waals surface area contributed by atoms with Crippen LogP contribution >= 0.6 is 0 Å². The van der Waals surface area contributed by atoms with Crippen LogP contribution in [0.1, 0.15) is 13.8 Å². The van der Waals surface area contributed by atoms with Crippen molar-refractivity contribution in [3.63, 3.8) is 0 Å². The van der Waals surface area contributed by atoms with E-state index in [1.807, 2.05) is 60.6 Å². The first kappa shape index (κ1) is 16.0. The van der Waals surface area contributed by atoms with Crippen molar-refractivity contribution in [1.29, 1.82) is 0 Å². The molecule has 2 rings (SSSR count). The molecule has 0 saturated carbocycles. The van der Waals surface area contributed by atoms with Gasteiger partial charge in [0.1, 0.15) is 6.04 Å². The normalized spacial score (nSPS) is 12.4. The Hall–Kier alpha value is -2.37. The minimum atomic E-state index is -0.631. The van der Waals surface area contributed by atoms with Crippen LogP contribution in [0.25, 0.3) is 11.0 Å². The Morgan fingerprint density at radius 1 is 1.32 bits per heavy atom. The lowest BCUT2D eigenvalue weighted by molar-refractivity contribution is -0.645. The van der Waals surface area contributed by atoms with Crippen LogP contribution in [0.15, 0.2) is 30.6 Å². The van der Waals surface area contributed by atoms with E-state index in [4.69, 9.17) is 4.74 Å². The third-order valence-corrected chi connectivity index (χ3v) is 3.64. The summed E-state index contributed by atoms with van der Waals surface area (Å²) in [6.45, 7) is 3.89. The van der Waals surface area contributed by atoms with Gasteiger partial charge in [-0.15, -0.1) is 0 Å². The van der Waals surface area contributed by atoms with Crippen LogP contribution in [0.3, 0.4) is 0 Å². The summed E-state index contributed by atoms with van der Waals surface area (Å²) in [6.07, 6.45) is 1.87. The number of hydrogen-bond acceptors (Lipinski definition) is 3. The highest BCUT2D eigenvalue weighted by molar-refractivity contribution is 5.85. The summed E-state index contributed by atoms with van der Waals surface area (Å²) in [4.78, 5) is 24.0. The Balaban J connectivity index is 2.15. The maximum absolute atomic E-state index is 12.3. The molecule has 0 spiro atoms. The molecule has 1 N–H and O–H groups in total. The number of nitrogens with one attached hydrogen (secondary N) is 1. The molecular formula is C16H22N3O3+. The van der Waals surface area contributed by atoms with E-state index >= 15 is 0 Å². The van der Waals surface area contributed by atoms with Crippen LogP contribution in [-0.4, -0.2) is 29.6 Å². The second-order valence-electron chi connectivity index (χ2n) is 5.66. The molecule has 0 bridgehead atoms. The van der Waals surface area contributed by atoms with E-state index in [1.165, 1.54) is 7.11 Å². The van der Waals surface area contributed by atoms with Crippen LogP contribution in [0.5, 0.6) is 0 Å². The van der Waals surface area contributed by atoms with E-state index in [9.17, 15) is 9.59 Å². The lowest BCUT2D eigenvalue weighted by Gasteiger charge is -2.19. The molecule has 0 fully saturated rings. The Labute approximate surface area is 129 Å². The predicted octanol–water partition coefficient (Wildman–Crippen LogP) is 0.780. The number of carbonyl (C=O) groups excluding carboxylic acids is 2. The topological polar surface area (TPSA) is 64.2 Å². The first-order chi connectivity index (χ1) is 10.4. The van der Waals surface area contributed by atoms with Gasteiger partial charge < -0.3 is 10.1 Å². The number of amides is 1. The van der Waals surface area contributed by atoms with Crippen LogP contribution in [-0.2, 0) is 27.9 Å². The third-order valence-electron chi connectivity index (χ3n) is 3.64. The Morgan fingerprint density at radius 3 is 2.64 bits per heavy atom. The van der Waals surface area contributed by atoms with Gasteiger partial charge >= 0.3 is 5.97 Å². The van der Waals surface area contributed by atoms with Crippen molar-refractivity contribution in [2.45, 2.75) is 26.4 Å². The minimum absolute atomic E-state index is 0.0334. The van der Waals surface area contributed by atoms with Gasteiger partial charge in [0.25, 0.3) is 5.91 Å². The van der Waals surface area contributed by atoms with E-state index < -0.39 is 12.0 Å². The maximum Gasteiger partial charge on any atom is 0.328 e. The lowest BCUT2D eigenvalue weighted by Crippen LogP contribution is -2.46. The molecule has 0 radical (unpaired) electrons. The largest absolute Gasteiger partial charge is 0.467 e. The number of imidazole rings is 1. The summed E-state index contributed by atoms with van der Waals surface area (Å²) in [5.74, 6) is -0.675. The van der Waals surface area contributed by atoms with Gasteiger partial charge in [0.2, 0.25) is 6.33 Å². The fourth-order valence-corrected chi connectivity index (χ4v) is 2.46. The first-order valence-electron chi connectivity index (χ1n) is 7.24. The molecule has 0 aliphatic heterocycles. The number of fused-ring (bicyclic) bond motifs is 1. The molecular weight excluding hydrogens is 282 g/mol.